The van der Waals surface area contributed by atoms with Gasteiger partial charge in [-0.15, -0.1) is 0 Å². The highest BCUT2D eigenvalue weighted by Gasteiger charge is 1.68. The molecule has 0 aromatic heterocycles. The van der Waals surface area contributed by atoms with E-state index in [0.717, 1.165) is 0 Å². The summed E-state index contributed by atoms with van der Waals surface area (Å²) in [7, 11) is 1.37. The predicted molar refractivity (Wildman–Crippen MR) is 36.9 cm³/mol. The molecule has 0 spiro atoms. The maximum absolute atomic E-state index is 2.22. The lowest BCUT2D eigenvalue weighted by atomic mass is 10.3. The molecule has 1 radical (unpaired) electrons. The van der Waals surface area contributed by atoms with Crippen LogP contribution in [-0.2, 0) is 0 Å². The first kappa shape index (κ1) is 7.17. The summed E-state index contributed by atoms with van der Waals surface area (Å²) < 4.78 is 0. The first-order valence-corrected chi connectivity index (χ1v) is 4.06. The van der Waals surface area contributed by atoms with Gasteiger partial charge in [-0.2, -0.15) is 0 Å². The van der Waals surface area contributed by atoms with Gasteiger partial charge in [-0.1, -0.05) is 33.8 Å². The minimum atomic E-state index is 1.24. The molecule has 0 N–H and O–H groups in total. The van der Waals surface area contributed by atoms with Crippen molar-refractivity contribution in [2.45, 2.75) is 19.8 Å². The molecule has 7 heavy (non-hydrogen) atoms. The molecule has 0 aromatic carbocycles. The molecule has 0 heterocycles. The number of rotatable bonds is 3. The molecular formula is C6H12P. The van der Waals surface area contributed by atoms with Crippen molar-refractivity contribution in [2.75, 3.05) is 6.66 Å². The van der Waals surface area contributed by atoms with Gasteiger partial charge in [-0.3, -0.25) is 0 Å². The molecule has 0 aromatic rings. The molecule has 0 atom stereocenters. The lowest BCUT2D eigenvalue weighted by Gasteiger charge is -1.79. The van der Waals surface area contributed by atoms with E-state index < -0.39 is 0 Å². The second-order valence-corrected chi connectivity index (χ2v) is 2.25. The van der Waals surface area contributed by atoms with Crippen LogP contribution in [0.3, 0.4) is 0 Å². The summed E-state index contributed by atoms with van der Waals surface area (Å²) >= 11 is 0. The Bertz CT molecular complexity index is 48.1. The molecule has 0 nitrogen and oxygen atoms in total. The van der Waals surface area contributed by atoms with Crippen molar-refractivity contribution in [1.82, 2.24) is 0 Å². The van der Waals surface area contributed by atoms with Crippen LogP contribution >= 0.6 is 8.58 Å². The summed E-state index contributed by atoms with van der Waals surface area (Å²) in [5, 5.41) is 0. The molecule has 0 saturated heterocycles. The van der Waals surface area contributed by atoms with Crippen molar-refractivity contribution in [3.05, 3.63) is 11.9 Å². The van der Waals surface area contributed by atoms with Crippen LogP contribution < -0.4 is 0 Å². The standard InChI is InChI=1S/C6H12P/c1-3-4-5-6-7-2/h5-6H,3-4H2,1-2H3. The van der Waals surface area contributed by atoms with Gasteiger partial charge >= 0.3 is 0 Å². The number of unbranched alkanes of at least 4 members (excludes halogenated alkanes) is 1. The summed E-state index contributed by atoms with van der Waals surface area (Å²) in [6.07, 6.45) is 4.73. The second-order valence-electron chi connectivity index (χ2n) is 1.43. The molecule has 0 amide bonds. The molecule has 1 heteroatoms. The maximum atomic E-state index is 2.22. The third-order valence-electron chi connectivity index (χ3n) is 0.710. The fraction of sp³-hybridized carbons (Fsp3) is 0.667. The Morgan fingerprint density at radius 3 is 2.71 bits per heavy atom. The van der Waals surface area contributed by atoms with Gasteiger partial charge in [-0.25, -0.2) is 0 Å². The van der Waals surface area contributed by atoms with Crippen molar-refractivity contribution in [2.24, 2.45) is 0 Å². The fourth-order valence-electron chi connectivity index (χ4n) is 0.347. The average Bonchev–Trinajstić information content (AvgIpc) is 1.69. The van der Waals surface area contributed by atoms with Gasteiger partial charge in [0.25, 0.3) is 0 Å². The lowest BCUT2D eigenvalue weighted by Crippen LogP contribution is -1.55. The SMILES string of the molecule is CCCC=C[P]C. The Labute approximate surface area is 47.8 Å². The van der Waals surface area contributed by atoms with E-state index in [4.69, 9.17) is 0 Å². The monoisotopic (exact) mass is 115 g/mol. The Morgan fingerprint density at radius 1 is 1.57 bits per heavy atom. The van der Waals surface area contributed by atoms with Crippen molar-refractivity contribution >= 4 is 8.58 Å². The van der Waals surface area contributed by atoms with Crippen LogP contribution in [0.2, 0.25) is 0 Å². The van der Waals surface area contributed by atoms with Crippen LogP contribution in [0, 0.1) is 0 Å². The molecule has 0 fully saturated rings. The van der Waals surface area contributed by atoms with Gasteiger partial charge in [0.2, 0.25) is 0 Å². The zero-order valence-electron chi connectivity index (χ0n) is 5.02. The van der Waals surface area contributed by atoms with Crippen LogP contribution in [0.5, 0.6) is 0 Å². The Morgan fingerprint density at radius 2 is 2.29 bits per heavy atom. The van der Waals surface area contributed by atoms with Crippen LogP contribution in [-0.4, -0.2) is 6.66 Å². The Kier molecular flexibility index (Phi) is 6.32. The summed E-state index contributed by atoms with van der Waals surface area (Å²) in [6, 6.07) is 0. The minimum Gasteiger partial charge on any atom is -0.0837 e. The van der Waals surface area contributed by atoms with Crippen molar-refractivity contribution in [1.29, 1.82) is 0 Å². The first-order valence-electron chi connectivity index (χ1n) is 2.65. The normalized spacial score (nSPS) is 12.3. The summed E-state index contributed by atoms with van der Waals surface area (Å²) in [4.78, 5) is 0. The maximum Gasteiger partial charge on any atom is -0.0350 e. The zero-order chi connectivity index (χ0) is 5.54. The van der Waals surface area contributed by atoms with Crippen molar-refractivity contribution in [3.8, 4) is 0 Å². The van der Waals surface area contributed by atoms with E-state index in [1.807, 2.05) is 0 Å². The van der Waals surface area contributed by atoms with Gasteiger partial charge in [0.05, 0.1) is 0 Å². The second kappa shape index (κ2) is 6.17. The molecule has 0 unspecified atom stereocenters. The fourth-order valence-corrected chi connectivity index (χ4v) is 0.707. The molecule has 0 aliphatic carbocycles. The van der Waals surface area contributed by atoms with E-state index in [0.29, 0.717) is 0 Å². The van der Waals surface area contributed by atoms with Gasteiger partial charge in [0.15, 0.2) is 0 Å². The zero-order valence-corrected chi connectivity index (χ0v) is 5.91. The molecule has 0 saturated carbocycles. The molecule has 0 aliphatic rings. The smallest absolute Gasteiger partial charge is 0.0350 e. The minimum absolute atomic E-state index is 1.24. The molecule has 0 aliphatic heterocycles. The number of hydrogen-bond donors (Lipinski definition) is 0. The predicted octanol–water partition coefficient (Wildman–Crippen LogP) is 2.88. The van der Waals surface area contributed by atoms with E-state index >= 15 is 0 Å². The number of allylic oxidation sites excluding steroid dienone is 1. The Balaban J connectivity index is 2.78. The third-order valence-corrected chi connectivity index (χ3v) is 1.22. The highest BCUT2D eigenvalue weighted by atomic mass is 31.1. The van der Waals surface area contributed by atoms with E-state index in [-0.39, 0.29) is 0 Å². The third kappa shape index (κ3) is 6.17. The van der Waals surface area contributed by atoms with E-state index in [1.165, 1.54) is 21.4 Å². The summed E-state index contributed by atoms with van der Waals surface area (Å²) in [5.41, 5.74) is 0. The van der Waals surface area contributed by atoms with E-state index in [9.17, 15) is 0 Å². The van der Waals surface area contributed by atoms with Gasteiger partial charge in [-0.05, 0) is 13.1 Å². The summed E-state index contributed by atoms with van der Waals surface area (Å²) in [5.74, 6) is 2.18. The molecular weight excluding hydrogens is 103 g/mol. The van der Waals surface area contributed by atoms with E-state index in [2.05, 4.69) is 25.5 Å². The largest absolute Gasteiger partial charge is 0.0837 e. The van der Waals surface area contributed by atoms with Crippen LogP contribution in [0.15, 0.2) is 11.9 Å². The highest BCUT2D eigenvalue weighted by molar-refractivity contribution is 7.40. The molecule has 0 rings (SSSR count). The van der Waals surface area contributed by atoms with Crippen molar-refractivity contribution in [3.63, 3.8) is 0 Å². The van der Waals surface area contributed by atoms with Crippen LogP contribution in [0.4, 0.5) is 0 Å². The quantitative estimate of drug-likeness (QED) is 0.496. The van der Waals surface area contributed by atoms with Crippen LogP contribution in [0.25, 0.3) is 0 Å². The Hall–Kier alpha value is 0.170. The van der Waals surface area contributed by atoms with Crippen LogP contribution in [0.1, 0.15) is 19.8 Å². The van der Waals surface area contributed by atoms with Gasteiger partial charge in [0.1, 0.15) is 0 Å². The molecule has 41 valence electrons. The number of hydrogen-bond acceptors (Lipinski definition) is 0. The van der Waals surface area contributed by atoms with E-state index in [1.54, 1.807) is 0 Å². The van der Waals surface area contributed by atoms with Gasteiger partial charge < -0.3 is 0 Å². The van der Waals surface area contributed by atoms with Gasteiger partial charge in [0, 0.05) is 0 Å². The average molecular weight is 115 g/mol. The highest BCUT2D eigenvalue weighted by Crippen LogP contribution is 2.04. The van der Waals surface area contributed by atoms with Crippen molar-refractivity contribution < 1.29 is 0 Å². The first-order chi connectivity index (χ1) is 3.41. The summed E-state index contributed by atoms with van der Waals surface area (Å²) in [6.45, 7) is 4.32. The molecule has 0 bridgehead atoms. The topological polar surface area (TPSA) is 0 Å². The lowest BCUT2D eigenvalue weighted by molar-refractivity contribution is 0.960.